The molecule has 3 rings (SSSR count). The van der Waals surface area contributed by atoms with Crippen molar-refractivity contribution < 1.29 is 58.8 Å². The second-order valence-corrected chi connectivity index (χ2v) is 8.77. The van der Waals surface area contributed by atoms with E-state index < -0.39 is 86.3 Å². The van der Waals surface area contributed by atoms with Crippen LogP contribution in [0.3, 0.4) is 0 Å². The topological polar surface area (TPSA) is 206 Å². The SMILES string of the molecule is COc1ccc(OC2OC(CO)C(O)C(OC3OC(CO)C(O)C(O)C3NC(C)=O)C2NC(C)=O)cc1. The number of carbonyl (C=O) groups excluding carboxylic acids is 2. The van der Waals surface area contributed by atoms with Gasteiger partial charge in [0.05, 0.1) is 20.3 Å². The van der Waals surface area contributed by atoms with Crippen LogP contribution in [0.5, 0.6) is 11.5 Å². The predicted octanol–water partition coefficient (Wildman–Crippen LogP) is -3.01. The third kappa shape index (κ3) is 6.86. The molecule has 0 aromatic heterocycles. The zero-order chi connectivity index (χ0) is 27.3. The molecule has 1 aromatic rings. The van der Waals surface area contributed by atoms with Gasteiger partial charge in [-0.15, -0.1) is 0 Å². The van der Waals surface area contributed by atoms with Crippen molar-refractivity contribution in [2.75, 3.05) is 20.3 Å². The van der Waals surface area contributed by atoms with Crippen LogP contribution in [0.4, 0.5) is 0 Å². The smallest absolute Gasteiger partial charge is 0.223 e. The van der Waals surface area contributed by atoms with Crippen LogP contribution in [0, 0.1) is 0 Å². The Labute approximate surface area is 213 Å². The minimum absolute atomic E-state index is 0.317. The van der Waals surface area contributed by atoms with Crippen LogP contribution < -0.4 is 20.1 Å². The summed E-state index contributed by atoms with van der Waals surface area (Å²) < 4.78 is 28.3. The third-order valence-corrected chi connectivity index (χ3v) is 6.08. The van der Waals surface area contributed by atoms with Gasteiger partial charge in [-0.1, -0.05) is 0 Å². The van der Waals surface area contributed by atoms with Gasteiger partial charge < -0.3 is 59.9 Å². The van der Waals surface area contributed by atoms with E-state index in [0.29, 0.717) is 11.5 Å². The van der Waals surface area contributed by atoms with E-state index in [9.17, 15) is 35.1 Å². The Morgan fingerprint density at radius 2 is 1.32 bits per heavy atom. The van der Waals surface area contributed by atoms with Crippen molar-refractivity contribution in [1.82, 2.24) is 10.6 Å². The summed E-state index contributed by atoms with van der Waals surface area (Å²) in [5.74, 6) is -0.211. The molecule has 0 spiro atoms. The first-order valence-electron chi connectivity index (χ1n) is 11.7. The third-order valence-electron chi connectivity index (χ3n) is 6.08. The first-order valence-corrected chi connectivity index (χ1v) is 11.7. The normalized spacial score (nSPS) is 35.9. The Hall–Kier alpha value is -2.56. The predicted molar refractivity (Wildman–Crippen MR) is 123 cm³/mol. The lowest BCUT2D eigenvalue weighted by molar-refractivity contribution is -0.320. The number of aliphatic hydroxyl groups excluding tert-OH is 5. The Morgan fingerprint density at radius 3 is 1.86 bits per heavy atom. The number of methoxy groups -OCH3 is 1. The maximum Gasteiger partial charge on any atom is 0.223 e. The first-order chi connectivity index (χ1) is 17.6. The minimum Gasteiger partial charge on any atom is -0.497 e. The lowest BCUT2D eigenvalue weighted by Gasteiger charge is -2.48. The monoisotopic (exact) mass is 530 g/mol. The maximum absolute atomic E-state index is 12.1. The van der Waals surface area contributed by atoms with Crippen molar-refractivity contribution in [3.05, 3.63) is 24.3 Å². The van der Waals surface area contributed by atoms with Crippen molar-refractivity contribution in [3.8, 4) is 11.5 Å². The lowest BCUT2D eigenvalue weighted by Crippen LogP contribution is -2.70. The van der Waals surface area contributed by atoms with Crippen LogP contribution in [-0.4, -0.2) is 119 Å². The van der Waals surface area contributed by atoms with Crippen molar-refractivity contribution in [2.24, 2.45) is 0 Å². The van der Waals surface area contributed by atoms with Gasteiger partial charge in [0.15, 0.2) is 6.29 Å². The van der Waals surface area contributed by atoms with E-state index in [1.165, 1.54) is 21.0 Å². The molecule has 0 aliphatic carbocycles. The number of benzene rings is 1. The molecule has 2 heterocycles. The highest BCUT2D eigenvalue weighted by Gasteiger charge is 2.52. The molecule has 14 heteroatoms. The summed E-state index contributed by atoms with van der Waals surface area (Å²) in [5.41, 5.74) is 0. The van der Waals surface area contributed by atoms with E-state index in [4.69, 9.17) is 23.7 Å². The molecule has 0 saturated carbocycles. The quantitative estimate of drug-likeness (QED) is 0.170. The van der Waals surface area contributed by atoms with Crippen molar-refractivity contribution >= 4 is 11.8 Å². The zero-order valence-electron chi connectivity index (χ0n) is 20.6. The summed E-state index contributed by atoms with van der Waals surface area (Å²) >= 11 is 0. The molecule has 2 amide bonds. The molecule has 0 bridgehead atoms. The number of hydrogen-bond acceptors (Lipinski definition) is 12. The van der Waals surface area contributed by atoms with E-state index in [1.54, 1.807) is 24.3 Å². The van der Waals surface area contributed by atoms with Gasteiger partial charge in [-0.25, -0.2) is 0 Å². The number of nitrogens with one attached hydrogen (secondary N) is 2. The van der Waals surface area contributed by atoms with Crippen molar-refractivity contribution in [1.29, 1.82) is 0 Å². The Balaban J connectivity index is 1.93. The van der Waals surface area contributed by atoms with Gasteiger partial charge in [0.25, 0.3) is 0 Å². The highest BCUT2D eigenvalue weighted by Crippen LogP contribution is 2.31. The van der Waals surface area contributed by atoms with Crippen LogP contribution in [0.2, 0.25) is 0 Å². The summed E-state index contributed by atoms with van der Waals surface area (Å²) in [6.07, 6.45) is -11.3. The number of rotatable bonds is 9. The minimum atomic E-state index is -1.60. The highest BCUT2D eigenvalue weighted by molar-refractivity contribution is 5.73. The molecule has 10 atom stereocenters. The molecule has 2 aliphatic rings. The number of amides is 2. The molecule has 1 aromatic carbocycles. The molecule has 2 saturated heterocycles. The zero-order valence-corrected chi connectivity index (χ0v) is 20.6. The van der Waals surface area contributed by atoms with Gasteiger partial charge in [0.2, 0.25) is 18.1 Å². The van der Waals surface area contributed by atoms with Crippen LogP contribution in [0.1, 0.15) is 13.8 Å². The van der Waals surface area contributed by atoms with E-state index >= 15 is 0 Å². The van der Waals surface area contributed by atoms with Crippen molar-refractivity contribution in [3.63, 3.8) is 0 Å². The maximum atomic E-state index is 12.1. The Morgan fingerprint density at radius 1 is 0.811 bits per heavy atom. The summed E-state index contributed by atoms with van der Waals surface area (Å²) in [6.45, 7) is 1.08. The summed E-state index contributed by atoms with van der Waals surface area (Å²) in [7, 11) is 1.50. The summed E-state index contributed by atoms with van der Waals surface area (Å²) in [4.78, 5) is 23.8. The van der Waals surface area contributed by atoms with Gasteiger partial charge in [-0.05, 0) is 24.3 Å². The van der Waals surface area contributed by atoms with E-state index in [-0.39, 0.29) is 0 Å². The molecule has 7 N–H and O–H groups in total. The molecule has 2 aliphatic heterocycles. The summed E-state index contributed by atoms with van der Waals surface area (Å²) in [6, 6.07) is 3.96. The Kier molecular flexibility index (Phi) is 10.0. The second kappa shape index (κ2) is 12.8. The van der Waals surface area contributed by atoms with Gasteiger partial charge in [-0.2, -0.15) is 0 Å². The highest BCUT2D eigenvalue weighted by atomic mass is 16.7. The van der Waals surface area contributed by atoms with Crippen LogP contribution >= 0.6 is 0 Å². The fraction of sp³-hybridized carbons (Fsp3) is 0.652. The lowest BCUT2D eigenvalue weighted by atomic mass is 9.94. The molecule has 14 nitrogen and oxygen atoms in total. The molecular formula is C23H34N2O12. The Bertz CT molecular complexity index is 902. The van der Waals surface area contributed by atoms with Gasteiger partial charge in [-0.3, -0.25) is 9.59 Å². The number of hydrogen-bond donors (Lipinski definition) is 7. The standard InChI is InChI=1S/C23H34N2O12/c1-10(28)24-16-20(32)18(30)14(8-26)35-22(16)37-21-17(25-11(2)29)23(36-15(9-27)19(21)31)34-13-6-4-12(33-3)5-7-13/h4-7,14-23,26-27,30-32H,8-9H2,1-3H3,(H,24,28)(H,25,29). The van der Waals surface area contributed by atoms with E-state index in [1.807, 2.05) is 0 Å². The van der Waals surface area contributed by atoms with Gasteiger partial charge >= 0.3 is 0 Å². The number of ether oxygens (including phenoxy) is 5. The van der Waals surface area contributed by atoms with E-state index in [2.05, 4.69) is 10.6 Å². The largest absolute Gasteiger partial charge is 0.497 e. The average Bonchev–Trinajstić information content (AvgIpc) is 2.86. The van der Waals surface area contributed by atoms with Crippen LogP contribution in [0.15, 0.2) is 24.3 Å². The molecule has 0 radical (unpaired) electrons. The van der Waals surface area contributed by atoms with Gasteiger partial charge in [0, 0.05) is 13.8 Å². The summed E-state index contributed by atoms with van der Waals surface area (Å²) in [5, 5.41) is 56.3. The van der Waals surface area contributed by atoms with Crippen molar-refractivity contribution in [2.45, 2.75) is 75.1 Å². The average molecular weight is 531 g/mol. The number of carbonyl (C=O) groups is 2. The molecule has 37 heavy (non-hydrogen) atoms. The molecular weight excluding hydrogens is 496 g/mol. The van der Waals surface area contributed by atoms with Crippen LogP contribution in [-0.2, 0) is 23.8 Å². The fourth-order valence-electron chi connectivity index (χ4n) is 4.25. The van der Waals surface area contributed by atoms with Gasteiger partial charge in [0.1, 0.15) is 60.2 Å². The molecule has 10 unspecified atom stereocenters. The molecule has 208 valence electrons. The molecule has 2 fully saturated rings. The first kappa shape index (κ1) is 29.0. The fourth-order valence-corrected chi connectivity index (χ4v) is 4.25. The second-order valence-electron chi connectivity index (χ2n) is 8.77. The van der Waals surface area contributed by atoms with E-state index in [0.717, 1.165) is 0 Å². The number of aliphatic hydroxyl groups is 5. The van der Waals surface area contributed by atoms with Crippen LogP contribution in [0.25, 0.3) is 0 Å².